The minimum absolute atomic E-state index is 0.389. The average molecular weight is 277 g/mol. The van der Waals surface area contributed by atoms with Crippen LogP contribution in [0, 0.1) is 0 Å². The standard InChI is InChI=1S/C13H15N3O2S/c1-18-13(17)10-5-2-6-11-14-12(15-16(10)11)9-4-3-7-19-8-9/h2,5-6,9H,3-4,7-8H2,1H3. The molecule has 0 radical (unpaired) electrons. The van der Waals surface area contributed by atoms with E-state index >= 15 is 0 Å². The molecule has 0 spiro atoms. The van der Waals surface area contributed by atoms with E-state index in [9.17, 15) is 4.79 Å². The van der Waals surface area contributed by atoms with Crippen molar-refractivity contribution in [3.8, 4) is 0 Å². The summed E-state index contributed by atoms with van der Waals surface area (Å²) in [6.45, 7) is 0. The zero-order chi connectivity index (χ0) is 13.2. The van der Waals surface area contributed by atoms with Crippen LogP contribution in [0.3, 0.4) is 0 Å². The van der Waals surface area contributed by atoms with Crippen molar-refractivity contribution in [2.24, 2.45) is 0 Å². The molecular formula is C13H15N3O2S. The van der Waals surface area contributed by atoms with Gasteiger partial charge >= 0.3 is 5.97 Å². The molecule has 0 bridgehead atoms. The largest absolute Gasteiger partial charge is 0.464 e. The summed E-state index contributed by atoms with van der Waals surface area (Å²) in [5.74, 6) is 3.12. The molecule has 0 aliphatic carbocycles. The maximum atomic E-state index is 11.7. The number of methoxy groups -OCH3 is 1. The highest BCUT2D eigenvalue weighted by Crippen LogP contribution is 2.29. The molecular weight excluding hydrogens is 262 g/mol. The average Bonchev–Trinajstić information content (AvgIpc) is 2.91. The van der Waals surface area contributed by atoms with E-state index in [0.29, 0.717) is 17.3 Å². The van der Waals surface area contributed by atoms with Gasteiger partial charge in [-0.2, -0.15) is 16.9 Å². The summed E-state index contributed by atoms with van der Waals surface area (Å²) in [7, 11) is 1.37. The van der Waals surface area contributed by atoms with E-state index in [0.717, 1.165) is 18.0 Å². The fourth-order valence-electron chi connectivity index (χ4n) is 2.30. The molecule has 0 aromatic carbocycles. The number of rotatable bonds is 2. The molecule has 1 aliphatic heterocycles. The van der Waals surface area contributed by atoms with Gasteiger partial charge in [0.15, 0.2) is 17.2 Å². The third kappa shape index (κ3) is 2.32. The first-order valence-corrected chi connectivity index (χ1v) is 7.47. The van der Waals surface area contributed by atoms with Gasteiger partial charge < -0.3 is 4.74 Å². The first-order chi connectivity index (χ1) is 9.29. The number of nitrogens with zero attached hydrogens (tertiary/aromatic N) is 3. The molecule has 6 heteroatoms. The van der Waals surface area contributed by atoms with Crippen molar-refractivity contribution in [3.05, 3.63) is 29.7 Å². The number of ether oxygens (including phenoxy) is 1. The molecule has 0 N–H and O–H groups in total. The van der Waals surface area contributed by atoms with Gasteiger partial charge in [-0.3, -0.25) is 0 Å². The maximum Gasteiger partial charge on any atom is 0.356 e. The summed E-state index contributed by atoms with van der Waals surface area (Å²) < 4.78 is 6.35. The first kappa shape index (κ1) is 12.5. The molecule has 1 fully saturated rings. The minimum atomic E-state index is -0.389. The lowest BCUT2D eigenvalue weighted by molar-refractivity contribution is 0.0591. The molecule has 5 nitrogen and oxygen atoms in total. The van der Waals surface area contributed by atoms with Gasteiger partial charge in [-0.25, -0.2) is 14.3 Å². The first-order valence-electron chi connectivity index (χ1n) is 6.31. The predicted molar refractivity (Wildman–Crippen MR) is 73.6 cm³/mol. The Hall–Kier alpha value is -1.56. The van der Waals surface area contributed by atoms with Gasteiger partial charge in [-0.05, 0) is 30.7 Å². The Kier molecular flexibility index (Phi) is 3.42. The highest BCUT2D eigenvalue weighted by atomic mass is 32.2. The highest BCUT2D eigenvalue weighted by Gasteiger charge is 2.21. The molecule has 1 aliphatic rings. The molecule has 2 aromatic rings. The molecule has 3 heterocycles. The monoisotopic (exact) mass is 277 g/mol. The number of carbonyl (C=O) groups is 1. The van der Waals surface area contributed by atoms with Crippen LogP contribution >= 0.6 is 11.8 Å². The Labute approximate surface area is 115 Å². The fourth-order valence-corrected chi connectivity index (χ4v) is 3.44. The number of aromatic nitrogens is 3. The van der Waals surface area contributed by atoms with Crippen molar-refractivity contribution in [1.82, 2.24) is 14.6 Å². The van der Waals surface area contributed by atoms with Gasteiger partial charge in [-0.15, -0.1) is 0 Å². The quantitative estimate of drug-likeness (QED) is 0.787. The fraction of sp³-hybridized carbons (Fsp3) is 0.462. The Morgan fingerprint density at radius 1 is 1.53 bits per heavy atom. The van der Waals surface area contributed by atoms with Crippen molar-refractivity contribution >= 4 is 23.4 Å². The normalized spacial score (nSPS) is 19.5. The third-order valence-electron chi connectivity index (χ3n) is 3.30. The van der Waals surface area contributed by atoms with Crippen molar-refractivity contribution < 1.29 is 9.53 Å². The van der Waals surface area contributed by atoms with Crippen LogP contribution in [-0.4, -0.2) is 39.2 Å². The molecule has 1 unspecified atom stereocenters. The van der Waals surface area contributed by atoms with Crippen LogP contribution in [-0.2, 0) is 4.74 Å². The van der Waals surface area contributed by atoms with E-state index in [1.165, 1.54) is 19.3 Å². The summed E-state index contributed by atoms with van der Waals surface area (Å²) >= 11 is 1.94. The van der Waals surface area contributed by atoms with Gasteiger partial charge in [0.1, 0.15) is 0 Å². The second-order valence-electron chi connectivity index (χ2n) is 4.56. The van der Waals surface area contributed by atoms with Crippen molar-refractivity contribution in [2.45, 2.75) is 18.8 Å². The zero-order valence-corrected chi connectivity index (χ0v) is 11.5. The van der Waals surface area contributed by atoms with Crippen molar-refractivity contribution in [2.75, 3.05) is 18.6 Å². The van der Waals surface area contributed by atoms with Crippen LogP contribution in [0.15, 0.2) is 18.2 Å². The van der Waals surface area contributed by atoms with Crippen LogP contribution in [0.4, 0.5) is 0 Å². The van der Waals surface area contributed by atoms with Gasteiger partial charge in [0.05, 0.1) is 7.11 Å². The predicted octanol–water partition coefficient (Wildman–Crippen LogP) is 2.13. The van der Waals surface area contributed by atoms with E-state index in [4.69, 9.17) is 4.74 Å². The summed E-state index contributed by atoms with van der Waals surface area (Å²) in [4.78, 5) is 16.2. The Bertz CT molecular complexity index is 605. The Balaban J connectivity index is 2.02. The Morgan fingerprint density at radius 3 is 3.16 bits per heavy atom. The zero-order valence-electron chi connectivity index (χ0n) is 10.7. The van der Waals surface area contributed by atoms with E-state index in [-0.39, 0.29) is 5.97 Å². The summed E-state index contributed by atoms with van der Waals surface area (Å²) in [6, 6.07) is 5.36. The molecule has 1 saturated heterocycles. The summed E-state index contributed by atoms with van der Waals surface area (Å²) in [5.41, 5.74) is 1.12. The number of thioether (sulfide) groups is 1. The minimum Gasteiger partial charge on any atom is -0.464 e. The topological polar surface area (TPSA) is 56.5 Å². The number of hydrogen-bond donors (Lipinski definition) is 0. The molecule has 2 aromatic heterocycles. The second kappa shape index (κ2) is 5.21. The maximum absolute atomic E-state index is 11.7. The van der Waals surface area contributed by atoms with E-state index in [1.54, 1.807) is 16.6 Å². The molecule has 1 atom stereocenters. The van der Waals surface area contributed by atoms with Gasteiger partial charge in [0.2, 0.25) is 0 Å². The van der Waals surface area contributed by atoms with Crippen LogP contribution < -0.4 is 0 Å². The van der Waals surface area contributed by atoms with Gasteiger partial charge in [0, 0.05) is 11.7 Å². The summed E-state index contributed by atoms with van der Waals surface area (Å²) in [5, 5.41) is 4.50. The van der Waals surface area contributed by atoms with Crippen LogP contribution in [0.25, 0.3) is 5.65 Å². The molecule has 0 saturated carbocycles. The lowest BCUT2D eigenvalue weighted by Crippen LogP contribution is -2.11. The Morgan fingerprint density at radius 2 is 2.42 bits per heavy atom. The van der Waals surface area contributed by atoms with Crippen LogP contribution in [0.1, 0.15) is 35.1 Å². The molecule has 3 rings (SSSR count). The molecule has 100 valence electrons. The van der Waals surface area contributed by atoms with E-state index in [2.05, 4.69) is 10.1 Å². The van der Waals surface area contributed by atoms with Gasteiger partial charge in [-0.1, -0.05) is 6.07 Å². The van der Waals surface area contributed by atoms with Crippen molar-refractivity contribution in [3.63, 3.8) is 0 Å². The lowest BCUT2D eigenvalue weighted by atomic mass is 10.1. The smallest absolute Gasteiger partial charge is 0.356 e. The number of carbonyl (C=O) groups excluding carboxylic acids is 1. The number of fused-ring (bicyclic) bond motifs is 1. The molecule has 0 amide bonds. The number of hydrogen-bond acceptors (Lipinski definition) is 5. The number of esters is 1. The second-order valence-corrected chi connectivity index (χ2v) is 5.71. The molecule has 19 heavy (non-hydrogen) atoms. The van der Waals surface area contributed by atoms with E-state index < -0.39 is 0 Å². The highest BCUT2D eigenvalue weighted by molar-refractivity contribution is 7.99. The third-order valence-corrected chi connectivity index (χ3v) is 4.51. The number of pyridine rings is 1. The van der Waals surface area contributed by atoms with E-state index in [1.807, 2.05) is 17.8 Å². The SMILES string of the molecule is COC(=O)c1cccc2nc(C3CCCSC3)nn12. The summed E-state index contributed by atoms with van der Waals surface area (Å²) in [6.07, 6.45) is 2.33. The van der Waals surface area contributed by atoms with Crippen molar-refractivity contribution in [1.29, 1.82) is 0 Å². The lowest BCUT2D eigenvalue weighted by Gasteiger charge is -2.17. The van der Waals surface area contributed by atoms with Crippen LogP contribution in [0.5, 0.6) is 0 Å². The van der Waals surface area contributed by atoms with Gasteiger partial charge in [0.25, 0.3) is 0 Å². The van der Waals surface area contributed by atoms with Crippen LogP contribution in [0.2, 0.25) is 0 Å².